The molecular formula is C52H58N2O14. The van der Waals surface area contributed by atoms with Crippen molar-refractivity contribution in [3.8, 4) is 17.2 Å². The molecule has 3 heterocycles. The number of hydrogen-bond acceptors (Lipinski definition) is 15. The fourth-order valence-electron chi connectivity index (χ4n) is 8.58. The van der Waals surface area contributed by atoms with Gasteiger partial charge in [-0.1, -0.05) is 63.6 Å². The highest BCUT2D eigenvalue weighted by molar-refractivity contribution is 6.33. The van der Waals surface area contributed by atoms with Gasteiger partial charge in [0.15, 0.2) is 0 Å². The van der Waals surface area contributed by atoms with Crippen LogP contribution in [0.3, 0.4) is 0 Å². The van der Waals surface area contributed by atoms with Gasteiger partial charge in [0.2, 0.25) is 11.6 Å². The predicted molar refractivity (Wildman–Crippen MR) is 249 cm³/mol. The summed E-state index contributed by atoms with van der Waals surface area (Å²) in [6.07, 6.45) is 3.15. The molecule has 68 heavy (non-hydrogen) atoms. The Morgan fingerprint density at radius 2 is 1.47 bits per heavy atom. The van der Waals surface area contributed by atoms with E-state index in [2.05, 4.69) is 10.6 Å². The second-order valence-electron chi connectivity index (χ2n) is 17.6. The maximum absolute atomic E-state index is 15.2. The molecule has 4 N–H and O–H groups in total. The Bertz CT molecular complexity index is 2630. The number of aryl methyl sites for hydroxylation is 1. The molecule has 7 rings (SSSR count). The lowest BCUT2D eigenvalue weighted by Crippen LogP contribution is -2.46. The van der Waals surface area contributed by atoms with Crippen LogP contribution in [0, 0.1) is 37.5 Å². The summed E-state index contributed by atoms with van der Waals surface area (Å²) < 4.78 is 35.2. The van der Waals surface area contributed by atoms with E-state index in [4.69, 9.17) is 28.4 Å². The van der Waals surface area contributed by atoms with Gasteiger partial charge in [0.05, 0.1) is 53.9 Å². The van der Waals surface area contributed by atoms with E-state index in [0.29, 0.717) is 11.4 Å². The van der Waals surface area contributed by atoms with Crippen molar-refractivity contribution < 1.29 is 67.4 Å². The van der Waals surface area contributed by atoms with Gasteiger partial charge in [-0.2, -0.15) is 0 Å². The number of benzene rings is 3. The average molecular weight is 935 g/mol. The maximum atomic E-state index is 15.2. The summed E-state index contributed by atoms with van der Waals surface area (Å²) in [5, 5.41) is 28.6. The minimum atomic E-state index is -2.19. The lowest BCUT2D eigenvalue weighted by atomic mass is 9.78. The number of nitrogens with one attached hydrogen (secondary N) is 2. The highest BCUT2D eigenvalue weighted by Crippen LogP contribution is 2.49. The van der Waals surface area contributed by atoms with Crippen LogP contribution in [0.4, 0.5) is 5.69 Å². The molecule has 5 bridgehead atoms. The molecule has 0 saturated carbocycles. The number of aliphatic hydroxyl groups is 2. The van der Waals surface area contributed by atoms with Crippen molar-refractivity contribution >= 4 is 40.9 Å². The smallest absolute Gasteiger partial charge is 0.343 e. The second-order valence-corrected chi connectivity index (χ2v) is 17.6. The normalized spacial score (nSPS) is 28.3. The van der Waals surface area contributed by atoms with Gasteiger partial charge in [-0.25, -0.2) is 4.79 Å². The summed E-state index contributed by atoms with van der Waals surface area (Å²) in [7, 11) is 2.89. The second kappa shape index (κ2) is 20.6. The van der Waals surface area contributed by atoms with Gasteiger partial charge >= 0.3 is 17.7 Å². The number of hydrogen-bond donors (Lipinski definition) is 4. The molecule has 360 valence electrons. The Labute approximate surface area is 395 Å². The molecule has 1 amide bonds. The third-order valence-corrected chi connectivity index (χ3v) is 12.8. The summed E-state index contributed by atoms with van der Waals surface area (Å²) in [6, 6.07) is 12.8. The van der Waals surface area contributed by atoms with Crippen molar-refractivity contribution in [3.63, 3.8) is 0 Å². The molecule has 16 nitrogen and oxygen atoms in total. The van der Waals surface area contributed by atoms with Gasteiger partial charge in [-0.3, -0.25) is 24.0 Å². The van der Waals surface area contributed by atoms with E-state index >= 15 is 9.59 Å². The number of ether oxygens (including phenoxy) is 6. The Kier molecular flexibility index (Phi) is 15.3. The Balaban J connectivity index is 1.57. The average Bonchev–Trinajstić information content (AvgIpc) is 3.58. The van der Waals surface area contributed by atoms with Gasteiger partial charge in [-0.15, -0.1) is 0 Å². The van der Waals surface area contributed by atoms with Crippen molar-refractivity contribution in [1.29, 1.82) is 0 Å². The lowest BCUT2D eigenvalue weighted by Gasteiger charge is -2.38. The molecule has 3 aromatic carbocycles. The minimum absolute atomic E-state index is 0.000290. The van der Waals surface area contributed by atoms with Crippen molar-refractivity contribution in [1.82, 2.24) is 5.32 Å². The van der Waals surface area contributed by atoms with E-state index in [-0.39, 0.29) is 28.0 Å². The van der Waals surface area contributed by atoms with Crippen LogP contribution in [0.15, 0.2) is 96.1 Å². The molecule has 3 aliphatic heterocycles. The van der Waals surface area contributed by atoms with E-state index in [1.165, 1.54) is 72.3 Å². The topological polar surface area (TPSA) is 222 Å². The number of allylic oxidation sites excluding steroid dienone is 4. The molecule has 9 atom stereocenters. The van der Waals surface area contributed by atoms with Crippen molar-refractivity contribution in [2.45, 2.75) is 92.5 Å². The highest BCUT2D eigenvalue weighted by Gasteiger charge is 2.53. The van der Waals surface area contributed by atoms with Crippen LogP contribution in [0.1, 0.15) is 101 Å². The summed E-state index contributed by atoms with van der Waals surface area (Å²) >= 11 is 0. The number of rotatable bonds is 7. The van der Waals surface area contributed by atoms with Gasteiger partial charge < -0.3 is 49.3 Å². The number of amides is 1. The van der Waals surface area contributed by atoms with Crippen molar-refractivity contribution in [3.05, 3.63) is 129 Å². The molecule has 1 aliphatic carbocycles. The maximum Gasteiger partial charge on any atom is 0.343 e. The van der Waals surface area contributed by atoms with E-state index in [1.54, 1.807) is 70.2 Å². The molecule has 4 aliphatic rings. The van der Waals surface area contributed by atoms with Crippen LogP contribution in [0.5, 0.6) is 17.2 Å². The predicted octanol–water partition coefficient (Wildman–Crippen LogP) is 6.90. The molecule has 0 fully saturated rings. The first kappa shape index (κ1) is 50.5. The number of methoxy groups -OCH3 is 2. The zero-order chi connectivity index (χ0) is 49.9. The SMILES string of the molecule is COc1ccc(NC2=C3NC(=O)/C(C)=C\C=C\[C@H](C)[C@H](O)[C@@H](C)[C@H](O)[C@H](C)[C@H](OC(C)=O)[C@H](C)[C@@H](OC)/C=C/O[C@@]4(C)Oc5c(C)c(OC(=O)c6ccc(C)cc6)c(c(c5C4=O)C2=O)C3=O)cc1. The molecule has 0 spiro atoms. The Morgan fingerprint density at radius 1 is 0.809 bits per heavy atom. The highest BCUT2D eigenvalue weighted by atomic mass is 16.7. The van der Waals surface area contributed by atoms with Gasteiger partial charge in [0.25, 0.3) is 11.7 Å². The summed E-state index contributed by atoms with van der Waals surface area (Å²) in [6.45, 7) is 14.1. The number of ketones is 3. The van der Waals surface area contributed by atoms with E-state index in [0.717, 1.165) is 11.8 Å². The van der Waals surface area contributed by atoms with E-state index in [9.17, 15) is 29.4 Å². The van der Waals surface area contributed by atoms with E-state index in [1.807, 2.05) is 6.92 Å². The van der Waals surface area contributed by atoms with Crippen LogP contribution in [-0.4, -0.2) is 89.8 Å². The van der Waals surface area contributed by atoms with E-state index < -0.39 is 117 Å². The number of Topliss-reactive ketones (excluding diaryl/α,β-unsaturated/α-hetero) is 3. The molecule has 0 radical (unpaired) electrons. The van der Waals surface area contributed by atoms with Crippen LogP contribution in [-0.2, 0) is 23.8 Å². The number of esters is 2. The number of aliphatic hydroxyl groups excluding tert-OH is 2. The third-order valence-electron chi connectivity index (χ3n) is 12.8. The van der Waals surface area contributed by atoms with Gasteiger partial charge in [0.1, 0.15) is 34.7 Å². The Morgan fingerprint density at radius 3 is 2.09 bits per heavy atom. The van der Waals surface area contributed by atoms with Gasteiger partial charge in [-0.05, 0) is 63.2 Å². The monoisotopic (exact) mass is 934 g/mol. The molecule has 0 unspecified atom stereocenters. The Hall–Kier alpha value is -6.88. The number of carbonyl (C=O) groups is 6. The standard InChI is InChI=1S/C52H58N2O14/c1-25-15-17-33(18-16-25)51(62)67-47-31(7)48-39-37-38(47)45(59)41(40(44(37)58)53-34-19-21-35(63-10)22-20-34)54-50(61)27(3)14-12-13-26(2)42(56)29(5)43(57)30(6)46(66-32(8)55)28(4)36(64-11)23-24-65-52(9,68-48)49(39)60/h12-24,26,28-30,36,42-43,46,53,56-57H,1-11H3,(H,54,61)/b13-12+,24-23+,27-14-/t26-,28+,29+,30-,36-,42-,43-,46+,52-/m0/s1. The van der Waals surface area contributed by atoms with Crippen LogP contribution >= 0.6 is 0 Å². The first-order chi connectivity index (χ1) is 32.1. The number of anilines is 1. The van der Waals surface area contributed by atoms with Crippen molar-refractivity contribution in [2.75, 3.05) is 19.5 Å². The number of fused-ring (bicyclic) bond motifs is 14. The largest absolute Gasteiger partial charge is 0.497 e. The third kappa shape index (κ3) is 10.0. The molecule has 16 heteroatoms. The quantitative estimate of drug-likeness (QED) is 0.140. The van der Waals surface area contributed by atoms with Crippen molar-refractivity contribution in [2.24, 2.45) is 23.7 Å². The fourth-order valence-corrected chi connectivity index (χ4v) is 8.58. The summed E-state index contributed by atoms with van der Waals surface area (Å²) in [4.78, 5) is 85.6. The zero-order valence-electron chi connectivity index (χ0n) is 39.9. The molecule has 0 aromatic heterocycles. The van der Waals surface area contributed by atoms with Gasteiger partial charge in [0, 0.05) is 61.5 Å². The fraction of sp³-hybridized carbons (Fsp3) is 0.385. The first-order valence-electron chi connectivity index (χ1n) is 22.2. The summed E-state index contributed by atoms with van der Waals surface area (Å²) in [5.74, 6) is -10.1. The summed E-state index contributed by atoms with van der Waals surface area (Å²) in [5.41, 5.74) is -0.859. The zero-order valence-corrected chi connectivity index (χ0v) is 39.9. The molecule has 3 aromatic rings. The lowest BCUT2D eigenvalue weighted by molar-refractivity contribution is -0.160. The first-order valence-corrected chi connectivity index (χ1v) is 22.2. The van der Waals surface area contributed by atoms with Crippen LogP contribution < -0.4 is 24.8 Å². The molecular weight excluding hydrogens is 877 g/mol. The molecule has 0 saturated heterocycles. The minimum Gasteiger partial charge on any atom is -0.497 e. The number of carbonyl (C=O) groups excluding carboxylic acids is 6. The van der Waals surface area contributed by atoms with Crippen LogP contribution in [0.2, 0.25) is 0 Å². The van der Waals surface area contributed by atoms with Crippen LogP contribution in [0.25, 0.3) is 0 Å².